The van der Waals surface area contributed by atoms with Gasteiger partial charge in [-0.05, 0) is 37.3 Å². The Morgan fingerprint density at radius 2 is 1.90 bits per heavy atom. The number of hydrogen-bond acceptors (Lipinski definition) is 3. The molecule has 0 atom stereocenters. The van der Waals surface area contributed by atoms with E-state index in [9.17, 15) is 4.79 Å². The third-order valence-corrected chi connectivity index (χ3v) is 3.16. The van der Waals surface area contributed by atoms with Gasteiger partial charge < -0.3 is 5.32 Å². The molecule has 0 aliphatic rings. The van der Waals surface area contributed by atoms with Crippen molar-refractivity contribution in [3.8, 4) is 5.69 Å². The van der Waals surface area contributed by atoms with Crippen LogP contribution in [0.15, 0.2) is 48.8 Å². The summed E-state index contributed by atoms with van der Waals surface area (Å²) in [5, 5.41) is 11.1. The van der Waals surface area contributed by atoms with Crippen LogP contribution in [-0.4, -0.2) is 25.5 Å². The summed E-state index contributed by atoms with van der Waals surface area (Å²) < 4.78 is 3.46. The van der Waals surface area contributed by atoms with Gasteiger partial charge in [0.05, 0.1) is 5.69 Å². The maximum Gasteiger partial charge on any atom is 0.256 e. The molecule has 0 bridgehead atoms. The van der Waals surface area contributed by atoms with E-state index in [0.29, 0.717) is 11.4 Å². The van der Waals surface area contributed by atoms with Crippen LogP contribution < -0.4 is 5.32 Å². The average Bonchev–Trinajstić information content (AvgIpc) is 3.08. The third kappa shape index (κ3) is 2.69. The largest absolute Gasteiger partial charge is 0.305 e. The van der Waals surface area contributed by atoms with Crippen LogP contribution in [0, 0.1) is 6.92 Å². The fraction of sp³-hybridized carbons (Fsp3) is 0.133. The third-order valence-electron chi connectivity index (χ3n) is 3.16. The van der Waals surface area contributed by atoms with Gasteiger partial charge in [-0.2, -0.15) is 10.2 Å². The van der Waals surface area contributed by atoms with E-state index in [-0.39, 0.29) is 5.91 Å². The zero-order valence-corrected chi connectivity index (χ0v) is 11.8. The molecule has 1 N–H and O–H groups in total. The highest BCUT2D eigenvalue weighted by Crippen LogP contribution is 2.12. The Hall–Kier alpha value is -2.89. The van der Waals surface area contributed by atoms with Crippen molar-refractivity contribution in [2.75, 3.05) is 5.32 Å². The van der Waals surface area contributed by atoms with Gasteiger partial charge in [0.2, 0.25) is 0 Å². The lowest BCUT2D eigenvalue weighted by Gasteiger charge is -2.06. The number of carbonyl (C=O) groups is 1. The van der Waals surface area contributed by atoms with Crippen molar-refractivity contribution in [2.45, 2.75) is 6.92 Å². The Morgan fingerprint density at radius 3 is 2.48 bits per heavy atom. The summed E-state index contributed by atoms with van der Waals surface area (Å²) in [5.74, 6) is 0.354. The maximum absolute atomic E-state index is 12.1. The number of aromatic nitrogens is 4. The fourth-order valence-corrected chi connectivity index (χ4v) is 2.06. The molecule has 21 heavy (non-hydrogen) atoms. The first-order valence-corrected chi connectivity index (χ1v) is 6.55. The summed E-state index contributed by atoms with van der Waals surface area (Å²) in [4.78, 5) is 12.1. The lowest BCUT2D eigenvalue weighted by molar-refractivity contribution is 0.102. The first kappa shape index (κ1) is 13.1. The minimum absolute atomic E-state index is 0.183. The van der Waals surface area contributed by atoms with Gasteiger partial charge in [-0.3, -0.25) is 9.48 Å². The lowest BCUT2D eigenvalue weighted by Crippen LogP contribution is -2.12. The van der Waals surface area contributed by atoms with Crippen molar-refractivity contribution in [2.24, 2.45) is 7.05 Å². The summed E-state index contributed by atoms with van der Waals surface area (Å²) in [6.45, 7) is 1.98. The second-order valence-electron chi connectivity index (χ2n) is 4.76. The van der Waals surface area contributed by atoms with E-state index in [4.69, 9.17) is 0 Å². The van der Waals surface area contributed by atoms with Crippen LogP contribution in [0.25, 0.3) is 5.69 Å². The molecule has 0 unspecified atom stereocenters. The number of nitrogens with one attached hydrogen (secondary N) is 1. The number of anilines is 1. The first-order valence-electron chi connectivity index (χ1n) is 6.55. The smallest absolute Gasteiger partial charge is 0.256 e. The van der Waals surface area contributed by atoms with Crippen LogP contribution in [-0.2, 0) is 7.05 Å². The molecule has 2 heterocycles. The summed E-state index contributed by atoms with van der Waals surface area (Å²) in [7, 11) is 1.80. The number of nitrogens with zero attached hydrogens (tertiary/aromatic N) is 4. The zero-order chi connectivity index (χ0) is 14.8. The summed E-state index contributed by atoms with van der Waals surface area (Å²) >= 11 is 0. The fourth-order valence-electron chi connectivity index (χ4n) is 2.06. The van der Waals surface area contributed by atoms with Gasteiger partial charge in [-0.15, -0.1) is 0 Å². The van der Waals surface area contributed by atoms with Gasteiger partial charge in [0.25, 0.3) is 5.91 Å². The zero-order valence-electron chi connectivity index (χ0n) is 11.8. The molecule has 0 aliphatic carbocycles. The molecule has 0 radical (unpaired) electrons. The van der Waals surface area contributed by atoms with Gasteiger partial charge >= 0.3 is 0 Å². The summed E-state index contributed by atoms with van der Waals surface area (Å²) in [6.07, 6.45) is 3.52. The SMILES string of the molecule is Cc1ccnn1-c1ccc(C(=O)Nc2ccn(C)n2)cc1. The van der Waals surface area contributed by atoms with Crippen LogP contribution in [0.5, 0.6) is 0 Å². The maximum atomic E-state index is 12.1. The Labute approximate surface area is 122 Å². The van der Waals surface area contributed by atoms with Crippen LogP contribution in [0.1, 0.15) is 16.1 Å². The van der Waals surface area contributed by atoms with Crippen molar-refractivity contribution in [1.82, 2.24) is 19.6 Å². The molecule has 2 aromatic heterocycles. The number of benzene rings is 1. The van der Waals surface area contributed by atoms with Gasteiger partial charge in [-0.1, -0.05) is 0 Å². The highest BCUT2D eigenvalue weighted by Gasteiger charge is 2.08. The van der Waals surface area contributed by atoms with E-state index in [1.807, 2.05) is 29.8 Å². The molecule has 6 nitrogen and oxygen atoms in total. The molecule has 0 aliphatic heterocycles. The number of hydrogen-bond donors (Lipinski definition) is 1. The summed E-state index contributed by atoms with van der Waals surface area (Å²) in [5.41, 5.74) is 2.54. The molecular formula is C15H15N5O. The van der Waals surface area contributed by atoms with E-state index >= 15 is 0 Å². The van der Waals surface area contributed by atoms with E-state index in [0.717, 1.165) is 11.4 Å². The summed E-state index contributed by atoms with van der Waals surface area (Å²) in [6, 6.07) is 11.0. The van der Waals surface area contributed by atoms with Crippen molar-refractivity contribution >= 4 is 11.7 Å². The average molecular weight is 281 g/mol. The predicted octanol–water partition coefficient (Wildman–Crippen LogP) is 2.17. The van der Waals surface area contributed by atoms with Crippen LogP contribution in [0.4, 0.5) is 5.82 Å². The highest BCUT2D eigenvalue weighted by atomic mass is 16.1. The molecule has 0 saturated carbocycles. The quantitative estimate of drug-likeness (QED) is 0.800. The van der Waals surface area contributed by atoms with Gasteiger partial charge in [0.1, 0.15) is 0 Å². The Bertz CT molecular complexity index is 769. The Kier molecular flexibility index (Phi) is 3.27. The number of aryl methyl sites for hydroxylation is 2. The minimum atomic E-state index is -0.183. The van der Waals surface area contributed by atoms with Gasteiger partial charge in [0.15, 0.2) is 5.82 Å². The standard InChI is InChI=1S/C15H15N5O/c1-11-7-9-16-20(11)13-5-3-12(4-6-13)15(21)17-14-8-10-19(2)18-14/h3-10H,1-2H3,(H,17,18,21). The van der Waals surface area contributed by atoms with E-state index < -0.39 is 0 Å². The van der Waals surface area contributed by atoms with Crippen LogP contribution in [0.3, 0.4) is 0 Å². The molecule has 3 rings (SSSR count). The molecule has 6 heteroatoms. The molecule has 106 valence electrons. The van der Waals surface area contributed by atoms with Crippen molar-refractivity contribution in [3.63, 3.8) is 0 Å². The molecule has 0 fully saturated rings. The van der Waals surface area contributed by atoms with E-state index in [1.54, 1.807) is 42.3 Å². The minimum Gasteiger partial charge on any atom is -0.305 e. The molecule has 0 saturated heterocycles. The topological polar surface area (TPSA) is 64.7 Å². The first-order chi connectivity index (χ1) is 10.1. The number of carbonyl (C=O) groups excluding carboxylic acids is 1. The van der Waals surface area contributed by atoms with Crippen LogP contribution in [0.2, 0.25) is 0 Å². The molecule has 3 aromatic rings. The number of amides is 1. The Morgan fingerprint density at radius 1 is 1.14 bits per heavy atom. The second kappa shape index (κ2) is 5.24. The predicted molar refractivity (Wildman–Crippen MR) is 79.5 cm³/mol. The van der Waals surface area contributed by atoms with Crippen molar-refractivity contribution in [1.29, 1.82) is 0 Å². The highest BCUT2D eigenvalue weighted by molar-refractivity contribution is 6.03. The normalized spacial score (nSPS) is 10.6. The van der Waals surface area contributed by atoms with E-state index in [1.165, 1.54) is 0 Å². The molecule has 1 aromatic carbocycles. The van der Waals surface area contributed by atoms with Crippen molar-refractivity contribution < 1.29 is 4.79 Å². The molecule has 0 spiro atoms. The van der Waals surface area contributed by atoms with Gasteiger partial charge in [-0.25, -0.2) is 4.68 Å². The molecule has 1 amide bonds. The second-order valence-corrected chi connectivity index (χ2v) is 4.76. The Balaban J connectivity index is 1.78. The lowest BCUT2D eigenvalue weighted by atomic mass is 10.2. The van der Waals surface area contributed by atoms with Gasteiger partial charge in [0, 0.05) is 36.8 Å². The molecular weight excluding hydrogens is 266 g/mol. The van der Waals surface area contributed by atoms with Crippen LogP contribution >= 0.6 is 0 Å². The van der Waals surface area contributed by atoms with E-state index in [2.05, 4.69) is 15.5 Å². The number of rotatable bonds is 3. The van der Waals surface area contributed by atoms with Crippen molar-refractivity contribution in [3.05, 3.63) is 60.0 Å². The monoisotopic (exact) mass is 281 g/mol.